The van der Waals surface area contributed by atoms with Crippen molar-refractivity contribution in [3.8, 4) is 0 Å². The van der Waals surface area contributed by atoms with Gasteiger partial charge in [0.25, 0.3) is 0 Å². The SMILES string of the molecule is CNC(CCc1cnn(C)c1)C(OC)C1CCCCC1. The maximum Gasteiger partial charge on any atom is 0.0752 e. The summed E-state index contributed by atoms with van der Waals surface area (Å²) in [5.74, 6) is 0.722. The first-order chi connectivity index (χ1) is 9.74. The van der Waals surface area contributed by atoms with Gasteiger partial charge >= 0.3 is 0 Å². The van der Waals surface area contributed by atoms with E-state index in [1.165, 1.54) is 37.7 Å². The Hall–Kier alpha value is -0.870. The van der Waals surface area contributed by atoms with Crippen LogP contribution in [0.15, 0.2) is 12.4 Å². The monoisotopic (exact) mass is 279 g/mol. The summed E-state index contributed by atoms with van der Waals surface area (Å²) >= 11 is 0. The van der Waals surface area contributed by atoms with Crippen molar-refractivity contribution in [3.05, 3.63) is 18.0 Å². The van der Waals surface area contributed by atoms with Gasteiger partial charge in [0.15, 0.2) is 0 Å². The van der Waals surface area contributed by atoms with Crippen molar-refractivity contribution in [1.29, 1.82) is 0 Å². The summed E-state index contributed by atoms with van der Waals surface area (Å²) in [5, 5.41) is 7.72. The molecule has 0 aromatic carbocycles. The number of hydrogen-bond donors (Lipinski definition) is 1. The summed E-state index contributed by atoms with van der Waals surface area (Å²) in [5.41, 5.74) is 1.31. The van der Waals surface area contributed by atoms with Crippen LogP contribution in [-0.2, 0) is 18.2 Å². The maximum atomic E-state index is 5.85. The predicted octanol–water partition coefficient (Wildman–Crippen LogP) is 2.54. The second-order valence-electron chi connectivity index (χ2n) is 6.05. The number of rotatable bonds is 7. The average Bonchev–Trinajstić information content (AvgIpc) is 2.90. The lowest BCUT2D eigenvalue weighted by Crippen LogP contribution is -2.44. The first-order valence-corrected chi connectivity index (χ1v) is 7.92. The Kier molecular flexibility index (Phi) is 6.05. The van der Waals surface area contributed by atoms with Crippen molar-refractivity contribution >= 4 is 0 Å². The van der Waals surface area contributed by atoms with Crippen molar-refractivity contribution < 1.29 is 4.74 Å². The zero-order valence-electron chi connectivity index (χ0n) is 13.1. The van der Waals surface area contributed by atoms with Crippen molar-refractivity contribution in [1.82, 2.24) is 15.1 Å². The van der Waals surface area contributed by atoms with E-state index in [0.29, 0.717) is 12.1 Å². The van der Waals surface area contributed by atoms with E-state index in [4.69, 9.17) is 4.74 Å². The molecule has 0 saturated heterocycles. The lowest BCUT2D eigenvalue weighted by Gasteiger charge is -2.34. The van der Waals surface area contributed by atoms with Gasteiger partial charge in [-0.15, -0.1) is 0 Å². The topological polar surface area (TPSA) is 39.1 Å². The fourth-order valence-corrected chi connectivity index (χ4v) is 3.54. The Labute approximate surface area is 122 Å². The fourth-order valence-electron chi connectivity index (χ4n) is 3.54. The Balaban J connectivity index is 1.90. The molecule has 4 nitrogen and oxygen atoms in total. The number of aromatic nitrogens is 2. The van der Waals surface area contributed by atoms with E-state index in [9.17, 15) is 0 Å². The highest BCUT2D eigenvalue weighted by Crippen LogP contribution is 2.30. The summed E-state index contributed by atoms with van der Waals surface area (Å²) in [6.07, 6.45) is 13.4. The zero-order chi connectivity index (χ0) is 14.4. The van der Waals surface area contributed by atoms with E-state index in [0.717, 1.165) is 18.8 Å². The van der Waals surface area contributed by atoms with Crippen LogP contribution in [0.2, 0.25) is 0 Å². The smallest absolute Gasteiger partial charge is 0.0752 e. The average molecular weight is 279 g/mol. The normalized spacial score (nSPS) is 19.9. The molecule has 1 aromatic heterocycles. The van der Waals surface area contributed by atoms with Gasteiger partial charge in [-0.1, -0.05) is 19.3 Å². The van der Waals surface area contributed by atoms with Crippen LogP contribution in [0, 0.1) is 5.92 Å². The highest BCUT2D eigenvalue weighted by molar-refractivity contribution is 5.04. The van der Waals surface area contributed by atoms with Crippen LogP contribution in [0.3, 0.4) is 0 Å². The van der Waals surface area contributed by atoms with Gasteiger partial charge in [0.05, 0.1) is 12.3 Å². The summed E-state index contributed by atoms with van der Waals surface area (Å²) in [6, 6.07) is 0.434. The third-order valence-corrected chi connectivity index (χ3v) is 4.66. The summed E-state index contributed by atoms with van der Waals surface area (Å²) < 4.78 is 7.73. The molecule has 0 spiro atoms. The largest absolute Gasteiger partial charge is 0.380 e. The molecule has 1 aliphatic rings. The molecule has 2 atom stereocenters. The van der Waals surface area contributed by atoms with Crippen LogP contribution in [0.5, 0.6) is 0 Å². The molecule has 1 aromatic rings. The van der Waals surface area contributed by atoms with Gasteiger partial charge in [0.2, 0.25) is 0 Å². The summed E-state index contributed by atoms with van der Waals surface area (Å²) in [7, 11) is 5.90. The quantitative estimate of drug-likeness (QED) is 0.833. The molecule has 2 unspecified atom stereocenters. The Morgan fingerprint density at radius 3 is 2.70 bits per heavy atom. The Morgan fingerprint density at radius 2 is 2.15 bits per heavy atom. The molecule has 20 heavy (non-hydrogen) atoms. The molecule has 4 heteroatoms. The highest BCUT2D eigenvalue weighted by Gasteiger charge is 2.29. The molecular weight excluding hydrogens is 250 g/mol. The molecule has 0 amide bonds. The Bertz CT molecular complexity index is 385. The van der Waals surface area contributed by atoms with Gasteiger partial charge in [-0.25, -0.2) is 0 Å². The van der Waals surface area contributed by atoms with Crippen LogP contribution in [0.25, 0.3) is 0 Å². The van der Waals surface area contributed by atoms with Gasteiger partial charge in [0.1, 0.15) is 0 Å². The first-order valence-electron chi connectivity index (χ1n) is 7.92. The van der Waals surface area contributed by atoms with E-state index in [2.05, 4.69) is 23.7 Å². The molecular formula is C16H29N3O. The number of hydrogen-bond acceptors (Lipinski definition) is 3. The number of methoxy groups -OCH3 is 1. The molecule has 1 saturated carbocycles. The number of nitrogens with one attached hydrogen (secondary N) is 1. The van der Waals surface area contributed by atoms with Crippen molar-refractivity contribution in [3.63, 3.8) is 0 Å². The molecule has 0 radical (unpaired) electrons. The van der Waals surface area contributed by atoms with Crippen molar-refractivity contribution in [2.45, 2.75) is 57.1 Å². The van der Waals surface area contributed by atoms with Gasteiger partial charge in [-0.3, -0.25) is 4.68 Å². The lowest BCUT2D eigenvalue weighted by molar-refractivity contribution is 0.00808. The second kappa shape index (κ2) is 7.79. The molecule has 114 valence electrons. The lowest BCUT2D eigenvalue weighted by atomic mass is 9.81. The van der Waals surface area contributed by atoms with E-state index < -0.39 is 0 Å². The molecule has 1 N–H and O–H groups in total. The Morgan fingerprint density at radius 1 is 1.40 bits per heavy atom. The number of ether oxygens (including phenoxy) is 1. The van der Waals surface area contributed by atoms with Gasteiger partial charge in [-0.05, 0) is 44.2 Å². The van der Waals surface area contributed by atoms with E-state index >= 15 is 0 Å². The van der Waals surface area contributed by atoms with Gasteiger partial charge in [0, 0.05) is 26.4 Å². The standard InChI is InChI=1S/C16H29N3O/c1-17-15(10-9-13-11-18-19(2)12-13)16(20-3)14-7-5-4-6-8-14/h11-12,14-17H,4-10H2,1-3H3. The molecule has 0 bridgehead atoms. The second-order valence-corrected chi connectivity index (χ2v) is 6.05. The molecule has 1 fully saturated rings. The summed E-state index contributed by atoms with van der Waals surface area (Å²) in [4.78, 5) is 0. The van der Waals surface area contributed by atoms with Crippen LogP contribution in [-0.4, -0.2) is 36.1 Å². The molecule has 1 aliphatic carbocycles. The third-order valence-electron chi connectivity index (χ3n) is 4.66. The minimum Gasteiger partial charge on any atom is -0.380 e. The van der Waals surface area contributed by atoms with Crippen molar-refractivity contribution in [2.75, 3.05) is 14.2 Å². The number of nitrogens with zero attached hydrogens (tertiary/aromatic N) is 2. The van der Waals surface area contributed by atoms with Crippen LogP contribution < -0.4 is 5.32 Å². The highest BCUT2D eigenvalue weighted by atomic mass is 16.5. The van der Waals surface area contributed by atoms with Crippen LogP contribution in [0.4, 0.5) is 0 Å². The predicted molar refractivity (Wildman–Crippen MR) is 81.7 cm³/mol. The fraction of sp³-hybridized carbons (Fsp3) is 0.812. The third kappa shape index (κ3) is 4.06. The van der Waals surface area contributed by atoms with E-state index in [1.54, 1.807) is 0 Å². The van der Waals surface area contributed by atoms with Crippen LogP contribution in [0.1, 0.15) is 44.1 Å². The minimum absolute atomic E-state index is 0.344. The molecule has 0 aliphatic heterocycles. The number of likely N-dealkylation sites (N-methyl/N-ethyl adjacent to an activating group) is 1. The zero-order valence-corrected chi connectivity index (χ0v) is 13.1. The minimum atomic E-state index is 0.344. The molecule has 2 rings (SSSR count). The summed E-state index contributed by atoms with van der Waals surface area (Å²) in [6.45, 7) is 0. The van der Waals surface area contributed by atoms with E-state index in [1.807, 2.05) is 25.0 Å². The van der Waals surface area contributed by atoms with Crippen LogP contribution >= 0.6 is 0 Å². The van der Waals surface area contributed by atoms with Crippen molar-refractivity contribution in [2.24, 2.45) is 13.0 Å². The number of aryl methyl sites for hydroxylation is 2. The van der Waals surface area contributed by atoms with E-state index in [-0.39, 0.29) is 0 Å². The first kappa shape index (κ1) is 15.5. The van der Waals surface area contributed by atoms with Gasteiger partial charge in [-0.2, -0.15) is 5.10 Å². The van der Waals surface area contributed by atoms with Gasteiger partial charge < -0.3 is 10.1 Å². The molecule has 1 heterocycles. The maximum absolute atomic E-state index is 5.85.